The van der Waals surface area contributed by atoms with E-state index >= 15 is 0 Å². The van der Waals surface area contributed by atoms with Crippen molar-refractivity contribution in [3.8, 4) is 0 Å². The van der Waals surface area contributed by atoms with Crippen molar-refractivity contribution in [1.29, 1.82) is 0 Å². The molecule has 0 aromatic heterocycles. The van der Waals surface area contributed by atoms with Gasteiger partial charge in [-0.3, -0.25) is 4.79 Å². The average molecular weight is 322 g/mol. The van der Waals surface area contributed by atoms with E-state index in [1.54, 1.807) is 39.8 Å². The van der Waals surface area contributed by atoms with E-state index in [0.29, 0.717) is 5.56 Å². The van der Waals surface area contributed by atoms with Crippen LogP contribution in [0.5, 0.6) is 0 Å². The summed E-state index contributed by atoms with van der Waals surface area (Å²) in [4.78, 5) is 34.2. The lowest BCUT2D eigenvalue weighted by Crippen LogP contribution is -2.43. The first-order valence-corrected chi connectivity index (χ1v) is 7.21. The maximum absolute atomic E-state index is 11.6. The van der Waals surface area contributed by atoms with Crippen LogP contribution < -0.4 is 11.1 Å². The van der Waals surface area contributed by atoms with E-state index in [2.05, 4.69) is 5.32 Å². The number of rotatable bonds is 6. The van der Waals surface area contributed by atoms with Crippen LogP contribution in [0.3, 0.4) is 0 Å². The number of aryl methyl sites for hydroxylation is 2. The van der Waals surface area contributed by atoms with Crippen molar-refractivity contribution in [2.75, 3.05) is 0 Å². The zero-order valence-corrected chi connectivity index (χ0v) is 13.7. The molecule has 7 heteroatoms. The minimum Gasteiger partial charge on any atom is -0.480 e. The van der Waals surface area contributed by atoms with Gasteiger partial charge in [0.15, 0.2) is 0 Å². The molecule has 0 radical (unpaired) electrons. The molecule has 0 saturated carbocycles. The van der Waals surface area contributed by atoms with Crippen LogP contribution in [0.2, 0.25) is 0 Å². The fourth-order valence-electron chi connectivity index (χ4n) is 2.25. The molecule has 23 heavy (non-hydrogen) atoms. The average Bonchev–Trinajstić information content (AvgIpc) is 2.39. The quantitative estimate of drug-likeness (QED) is 0.734. The summed E-state index contributed by atoms with van der Waals surface area (Å²) in [7, 11) is 0. The lowest BCUT2D eigenvalue weighted by molar-refractivity contribution is -0.139. The Labute approximate surface area is 134 Å². The first kappa shape index (κ1) is 18.5. The summed E-state index contributed by atoms with van der Waals surface area (Å²) in [6.07, 6.45) is -1.04. The third-order valence-corrected chi connectivity index (χ3v) is 3.32. The van der Waals surface area contributed by atoms with Crippen LogP contribution in [0.15, 0.2) is 12.1 Å². The Kier molecular flexibility index (Phi) is 6.12. The molecule has 0 aliphatic rings. The minimum atomic E-state index is -1.16. The largest absolute Gasteiger partial charge is 0.480 e. The SMILES string of the molecule is Cc1cc(C(N)=O)cc(C)c1CC(NC(=O)OC(C)C)C(=O)O. The smallest absolute Gasteiger partial charge is 0.408 e. The molecule has 0 aliphatic carbocycles. The summed E-state index contributed by atoms with van der Waals surface area (Å²) in [6.45, 7) is 6.87. The van der Waals surface area contributed by atoms with Crippen LogP contribution in [0.4, 0.5) is 4.79 Å². The molecule has 0 heterocycles. The summed E-state index contributed by atoms with van der Waals surface area (Å²) in [5.74, 6) is -1.71. The number of carbonyl (C=O) groups is 3. The summed E-state index contributed by atoms with van der Waals surface area (Å²) in [5, 5.41) is 11.6. The molecule has 7 nitrogen and oxygen atoms in total. The number of carboxylic acids is 1. The predicted octanol–water partition coefficient (Wildman–Crippen LogP) is 1.53. The lowest BCUT2D eigenvalue weighted by atomic mass is 9.94. The van der Waals surface area contributed by atoms with Gasteiger partial charge >= 0.3 is 12.1 Å². The number of aliphatic carboxylic acids is 1. The fourth-order valence-corrected chi connectivity index (χ4v) is 2.25. The molecule has 0 spiro atoms. The highest BCUT2D eigenvalue weighted by Crippen LogP contribution is 2.18. The van der Waals surface area contributed by atoms with Gasteiger partial charge in [-0.15, -0.1) is 0 Å². The maximum atomic E-state index is 11.6. The second-order valence-corrected chi connectivity index (χ2v) is 5.65. The van der Waals surface area contributed by atoms with Crippen molar-refractivity contribution in [2.45, 2.75) is 46.3 Å². The number of amides is 2. The Bertz CT molecular complexity index is 602. The van der Waals surface area contributed by atoms with Crippen molar-refractivity contribution in [3.05, 3.63) is 34.4 Å². The molecule has 0 aliphatic heterocycles. The zero-order valence-electron chi connectivity index (χ0n) is 13.7. The van der Waals surface area contributed by atoms with E-state index in [4.69, 9.17) is 10.5 Å². The predicted molar refractivity (Wildman–Crippen MR) is 84.3 cm³/mol. The van der Waals surface area contributed by atoms with Gasteiger partial charge in [0.25, 0.3) is 0 Å². The number of nitrogens with two attached hydrogens (primary N) is 1. The topological polar surface area (TPSA) is 119 Å². The first-order valence-electron chi connectivity index (χ1n) is 7.21. The van der Waals surface area contributed by atoms with Crippen LogP contribution in [-0.4, -0.2) is 35.2 Å². The molecule has 0 saturated heterocycles. The van der Waals surface area contributed by atoms with Gasteiger partial charge in [-0.1, -0.05) is 0 Å². The van der Waals surface area contributed by atoms with Crippen LogP contribution in [0.1, 0.15) is 40.9 Å². The van der Waals surface area contributed by atoms with E-state index in [-0.39, 0.29) is 12.5 Å². The highest BCUT2D eigenvalue weighted by Gasteiger charge is 2.23. The lowest BCUT2D eigenvalue weighted by Gasteiger charge is -2.18. The van der Waals surface area contributed by atoms with Crippen LogP contribution in [0, 0.1) is 13.8 Å². The Morgan fingerprint density at radius 1 is 1.22 bits per heavy atom. The summed E-state index contributed by atoms with van der Waals surface area (Å²) < 4.78 is 4.91. The second kappa shape index (κ2) is 7.62. The van der Waals surface area contributed by atoms with Crippen LogP contribution in [-0.2, 0) is 16.0 Å². The molecule has 1 atom stereocenters. The third-order valence-electron chi connectivity index (χ3n) is 3.32. The Balaban J connectivity index is 2.99. The van der Waals surface area contributed by atoms with Gasteiger partial charge < -0.3 is 20.9 Å². The van der Waals surface area contributed by atoms with Gasteiger partial charge in [-0.25, -0.2) is 9.59 Å². The number of hydrogen-bond acceptors (Lipinski definition) is 4. The highest BCUT2D eigenvalue weighted by atomic mass is 16.6. The van der Waals surface area contributed by atoms with Gasteiger partial charge in [-0.05, 0) is 56.5 Å². The van der Waals surface area contributed by atoms with Crippen molar-refractivity contribution in [2.24, 2.45) is 5.73 Å². The summed E-state index contributed by atoms with van der Waals surface area (Å²) in [6, 6.07) is 2.09. The van der Waals surface area contributed by atoms with Gasteiger partial charge in [0, 0.05) is 12.0 Å². The van der Waals surface area contributed by atoms with Crippen LogP contribution in [0.25, 0.3) is 0 Å². The van der Waals surface area contributed by atoms with Crippen molar-refractivity contribution in [1.82, 2.24) is 5.32 Å². The van der Waals surface area contributed by atoms with Crippen molar-refractivity contribution >= 4 is 18.0 Å². The molecule has 0 fully saturated rings. The van der Waals surface area contributed by atoms with Crippen LogP contribution >= 0.6 is 0 Å². The number of hydrogen-bond donors (Lipinski definition) is 3. The van der Waals surface area contributed by atoms with Crippen molar-refractivity contribution < 1.29 is 24.2 Å². The van der Waals surface area contributed by atoms with Crippen molar-refractivity contribution in [3.63, 3.8) is 0 Å². The molecule has 2 amide bonds. The molecule has 0 bridgehead atoms. The van der Waals surface area contributed by atoms with E-state index in [1.807, 2.05) is 0 Å². The molecule has 1 aromatic rings. The van der Waals surface area contributed by atoms with Gasteiger partial charge in [0.2, 0.25) is 5.91 Å². The van der Waals surface area contributed by atoms with E-state index < -0.39 is 24.0 Å². The number of carboxylic acid groups (broad SMARTS) is 1. The maximum Gasteiger partial charge on any atom is 0.408 e. The molecule has 1 rings (SSSR count). The number of alkyl carbamates (subject to hydrolysis) is 1. The summed E-state index contributed by atoms with van der Waals surface area (Å²) >= 11 is 0. The monoisotopic (exact) mass is 322 g/mol. The number of nitrogens with one attached hydrogen (secondary N) is 1. The van der Waals surface area contributed by atoms with Gasteiger partial charge in [0.1, 0.15) is 6.04 Å². The fraction of sp³-hybridized carbons (Fsp3) is 0.438. The zero-order chi connectivity index (χ0) is 17.7. The number of benzene rings is 1. The van der Waals surface area contributed by atoms with Gasteiger partial charge in [0.05, 0.1) is 6.10 Å². The Morgan fingerprint density at radius 3 is 2.13 bits per heavy atom. The van der Waals surface area contributed by atoms with E-state index in [1.165, 1.54) is 0 Å². The molecule has 1 aromatic carbocycles. The van der Waals surface area contributed by atoms with E-state index in [0.717, 1.165) is 16.7 Å². The normalized spacial score (nSPS) is 11.9. The van der Waals surface area contributed by atoms with Gasteiger partial charge in [-0.2, -0.15) is 0 Å². The molecular formula is C16H22N2O5. The number of primary amides is 1. The highest BCUT2D eigenvalue weighted by molar-refractivity contribution is 5.93. The number of ether oxygens (including phenoxy) is 1. The molecule has 4 N–H and O–H groups in total. The number of carbonyl (C=O) groups excluding carboxylic acids is 2. The first-order chi connectivity index (χ1) is 10.6. The minimum absolute atomic E-state index is 0.0826. The molecular weight excluding hydrogens is 300 g/mol. The summed E-state index contributed by atoms with van der Waals surface area (Å²) in [5.41, 5.74) is 7.84. The Morgan fingerprint density at radius 2 is 1.74 bits per heavy atom. The molecule has 1 unspecified atom stereocenters. The third kappa shape index (κ3) is 5.28. The standard InChI is InChI=1S/C16H22N2O5/c1-8(2)23-16(22)18-13(15(20)21)7-12-9(3)5-11(14(17)19)6-10(12)4/h5-6,8,13H,7H2,1-4H3,(H2,17,19)(H,18,22)(H,20,21). The van der Waals surface area contributed by atoms with E-state index in [9.17, 15) is 19.5 Å². The second-order valence-electron chi connectivity index (χ2n) is 5.65. The Hall–Kier alpha value is -2.57. The molecule has 126 valence electrons.